The first kappa shape index (κ1) is 19.4. The van der Waals surface area contributed by atoms with Crippen LogP contribution in [0.1, 0.15) is 29.6 Å². The summed E-state index contributed by atoms with van der Waals surface area (Å²) in [5.41, 5.74) is 1.15. The third-order valence-electron chi connectivity index (χ3n) is 5.25. The highest BCUT2D eigenvalue weighted by molar-refractivity contribution is 6.31. The number of benzene rings is 2. The zero-order chi connectivity index (χ0) is 20.5. The highest BCUT2D eigenvalue weighted by Gasteiger charge is 2.40. The van der Waals surface area contributed by atoms with E-state index in [1.807, 2.05) is 0 Å². The van der Waals surface area contributed by atoms with E-state index in [9.17, 15) is 18.8 Å². The molecule has 0 spiro atoms. The zero-order valence-corrected chi connectivity index (χ0v) is 16.3. The Hall–Kier alpha value is -2.93. The monoisotopic (exact) mass is 415 g/mol. The number of rotatable bonds is 3. The number of carbonyl (C=O) groups excluding carboxylic acids is 3. The lowest BCUT2D eigenvalue weighted by Crippen LogP contribution is -2.52. The molecule has 3 amide bonds. The van der Waals surface area contributed by atoms with Crippen molar-refractivity contribution in [3.63, 3.8) is 0 Å². The Morgan fingerprint density at radius 2 is 1.97 bits per heavy atom. The summed E-state index contributed by atoms with van der Waals surface area (Å²) in [5, 5.41) is 2.52. The highest BCUT2D eigenvalue weighted by Crippen LogP contribution is 2.31. The first-order chi connectivity index (χ1) is 14.0. The third kappa shape index (κ3) is 3.70. The molecule has 2 aromatic carbocycles. The summed E-state index contributed by atoms with van der Waals surface area (Å²) in [7, 11) is 0. The summed E-state index contributed by atoms with van der Waals surface area (Å²) < 4.78 is 13.3. The Balaban J connectivity index is 1.63. The number of anilines is 2. The molecule has 150 valence electrons. The number of para-hydroxylation sites is 1. The lowest BCUT2D eigenvalue weighted by Gasteiger charge is -2.34. The maximum atomic E-state index is 13.3. The summed E-state index contributed by atoms with van der Waals surface area (Å²) in [6.45, 7) is 0.264. The van der Waals surface area contributed by atoms with Crippen molar-refractivity contribution in [2.45, 2.75) is 25.3 Å². The van der Waals surface area contributed by atoms with Crippen molar-refractivity contribution in [3.8, 4) is 0 Å². The summed E-state index contributed by atoms with van der Waals surface area (Å²) in [4.78, 5) is 41.9. The number of hydrogen-bond donors (Lipinski definition) is 1. The molecule has 0 bridgehead atoms. The highest BCUT2D eigenvalue weighted by atomic mass is 35.5. The molecule has 4 rings (SSSR count). The van der Waals surface area contributed by atoms with Crippen molar-refractivity contribution < 1.29 is 18.8 Å². The molecule has 0 saturated carbocycles. The van der Waals surface area contributed by atoms with E-state index in [2.05, 4.69) is 5.32 Å². The Morgan fingerprint density at radius 3 is 2.76 bits per heavy atom. The normalized spacial score (nSPS) is 18.8. The van der Waals surface area contributed by atoms with Crippen LogP contribution in [0.4, 0.5) is 15.8 Å². The van der Waals surface area contributed by atoms with E-state index in [-0.39, 0.29) is 23.4 Å². The van der Waals surface area contributed by atoms with E-state index in [0.29, 0.717) is 29.9 Å². The number of amides is 3. The maximum absolute atomic E-state index is 13.3. The minimum absolute atomic E-state index is 0.109. The van der Waals surface area contributed by atoms with Gasteiger partial charge in [-0.25, -0.2) is 4.39 Å². The lowest BCUT2D eigenvalue weighted by molar-refractivity contribution is -0.125. The van der Waals surface area contributed by atoms with Gasteiger partial charge in [0.25, 0.3) is 5.91 Å². The number of carbonyl (C=O) groups is 3. The molecule has 2 heterocycles. The predicted molar refractivity (Wildman–Crippen MR) is 108 cm³/mol. The minimum atomic E-state index is -0.586. The van der Waals surface area contributed by atoms with Crippen molar-refractivity contribution in [1.29, 1.82) is 0 Å². The van der Waals surface area contributed by atoms with Crippen LogP contribution in [0.15, 0.2) is 42.5 Å². The number of fused-ring (bicyclic) bond motifs is 2. The zero-order valence-electron chi connectivity index (χ0n) is 15.5. The summed E-state index contributed by atoms with van der Waals surface area (Å²) in [6, 6.07) is 10.1. The van der Waals surface area contributed by atoms with E-state index in [4.69, 9.17) is 11.6 Å². The molecule has 1 fully saturated rings. The van der Waals surface area contributed by atoms with Gasteiger partial charge in [0.05, 0.1) is 16.3 Å². The van der Waals surface area contributed by atoms with Crippen LogP contribution in [0.5, 0.6) is 0 Å². The standard InChI is InChI=1S/C21H19ClFN3O3/c22-15-11-13(8-9-16(15)23)24-19(27)12-26-17-6-2-1-5-14(17)20(28)25-10-4-3-7-18(25)21(26)29/h1-2,5-6,8-9,11,18H,3-4,7,10,12H2,(H,24,27). The van der Waals surface area contributed by atoms with Gasteiger partial charge in [-0.2, -0.15) is 0 Å². The van der Waals surface area contributed by atoms with Crippen LogP contribution < -0.4 is 10.2 Å². The Labute approximate surface area is 172 Å². The fourth-order valence-electron chi connectivity index (χ4n) is 3.86. The molecule has 1 unspecified atom stereocenters. The van der Waals surface area contributed by atoms with Gasteiger partial charge in [0.15, 0.2) is 0 Å². The maximum Gasteiger partial charge on any atom is 0.256 e. The quantitative estimate of drug-likeness (QED) is 0.834. The first-order valence-corrected chi connectivity index (χ1v) is 9.80. The van der Waals surface area contributed by atoms with Crippen LogP contribution in [-0.2, 0) is 9.59 Å². The van der Waals surface area contributed by atoms with Gasteiger partial charge in [-0.1, -0.05) is 23.7 Å². The SMILES string of the molecule is O=C(CN1C(=O)C2CCCCN2C(=O)c2ccccc21)Nc1ccc(F)c(Cl)c1. The fraction of sp³-hybridized carbons (Fsp3) is 0.286. The molecule has 1 atom stereocenters. The number of nitrogens with one attached hydrogen (secondary N) is 1. The van der Waals surface area contributed by atoms with Crippen LogP contribution in [0.25, 0.3) is 0 Å². The number of nitrogens with zero attached hydrogens (tertiary/aromatic N) is 2. The summed E-state index contributed by atoms with van der Waals surface area (Å²) in [6.07, 6.45) is 2.28. The first-order valence-electron chi connectivity index (χ1n) is 9.42. The summed E-state index contributed by atoms with van der Waals surface area (Å²) in [5.74, 6) is -1.51. The van der Waals surface area contributed by atoms with E-state index in [1.165, 1.54) is 17.0 Å². The second-order valence-electron chi connectivity index (χ2n) is 7.13. The molecule has 0 aliphatic carbocycles. The van der Waals surface area contributed by atoms with Crippen molar-refractivity contribution in [2.75, 3.05) is 23.3 Å². The summed E-state index contributed by atoms with van der Waals surface area (Å²) >= 11 is 5.76. The number of halogens is 2. The van der Waals surface area contributed by atoms with Crippen LogP contribution in [0, 0.1) is 5.82 Å². The molecule has 0 radical (unpaired) electrons. The van der Waals surface area contributed by atoms with E-state index >= 15 is 0 Å². The molecule has 1 saturated heterocycles. The Morgan fingerprint density at radius 1 is 1.17 bits per heavy atom. The second kappa shape index (κ2) is 7.83. The molecule has 0 aromatic heterocycles. The van der Waals surface area contributed by atoms with Crippen LogP contribution in [0.2, 0.25) is 5.02 Å². The van der Waals surface area contributed by atoms with E-state index in [1.54, 1.807) is 29.2 Å². The largest absolute Gasteiger partial charge is 0.327 e. The van der Waals surface area contributed by atoms with E-state index < -0.39 is 17.8 Å². The average Bonchev–Trinajstić information content (AvgIpc) is 2.81. The Bertz CT molecular complexity index is 997. The van der Waals surface area contributed by atoms with Crippen LogP contribution >= 0.6 is 11.6 Å². The van der Waals surface area contributed by atoms with E-state index in [0.717, 1.165) is 18.9 Å². The van der Waals surface area contributed by atoms with Crippen molar-refractivity contribution in [3.05, 3.63) is 58.9 Å². The topological polar surface area (TPSA) is 69.7 Å². The number of hydrogen-bond acceptors (Lipinski definition) is 3. The average molecular weight is 416 g/mol. The molecule has 8 heteroatoms. The van der Waals surface area contributed by atoms with Gasteiger partial charge in [-0.15, -0.1) is 0 Å². The number of piperidine rings is 1. The van der Waals surface area contributed by atoms with Crippen molar-refractivity contribution >= 4 is 40.7 Å². The van der Waals surface area contributed by atoms with Crippen molar-refractivity contribution in [1.82, 2.24) is 4.90 Å². The molecule has 6 nitrogen and oxygen atoms in total. The molecule has 2 aliphatic heterocycles. The molecule has 2 aliphatic rings. The predicted octanol–water partition coefficient (Wildman–Crippen LogP) is 3.46. The van der Waals surface area contributed by atoms with Crippen LogP contribution in [0.3, 0.4) is 0 Å². The Kier molecular flexibility index (Phi) is 5.24. The third-order valence-corrected chi connectivity index (χ3v) is 5.53. The molecular formula is C21H19ClFN3O3. The molecule has 2 aromatic rings. The van der Waals surface area contributed by atoms with Gasteiger partial charge < -0.3 is 15.1 Å². The van der Waals surface area contributed by atoms with Gasteiger partial charge >= 0.3 is 0 Å². The minimum Gasteiger partial charge on any atom is -0.327 e. The molecule has 29 heavy (non-hydrogen) atoms. The fourth-order valence-corrected chi connectivity index (χ4v) is 4.04. The van der Waals surface area contributed by atoms with Crippen LogP contribution in [-0.4, -0.2) is 41.8 Å². The lowest BCUT2D eigenvalue weighted by atomic mass is 10.0. The van der Waals surface area contributed by atoms with Gasteiger partial charge in [-0.3, -0.25) is 14.4 Å². The van der Waals surface area contributed by atoms with Crippen molar-refractivity contribution in [2.24, 2.45) is 0 Å². The van der Waals surface area contributed by atoms with Gasteiger partial charge in [0.1, 0.15) is 18.4 Å². The van der Waals surface area contributed by atoms with Gasteiger partial charge in [0, 0.05) is 12.2 Å². The molecular weight excluding hydrogens is 397 g/mol. The smallest absolute Gasteiger partial charge is 0.256 e. The molecule has 1 N–H and O–H groups in total. The van der Waals surface area contributed by atoms with Gasteiger partial charge in [0.2, 0.25) is 11.8 Å². The second-order valence-corrected chi connectivity index (χ2v) is 7.54. The van der Waals surface area contributed by atoms with Gasteiger partial charge in [-0.05, 0) is 49.6 Å².